The highest BCUT2D eigenvalue weighted by atomic mass is 19.3. The molecule has 0 unspecified atom stereocenters. The Labute approximate surface area is 47.9 Å². The maximum absolute atomic E-state index is 11.9. The molecule has 0 heterocycles. The average molecular weight is 118 g/mol. The highest BCUT2D eigenvalue weighted by Crippen LogP contribution is 2.17. The van der Waals surface area contributed by atoms with Crippen molar-refractivity contribution >= 4 is 0 Å². The Balaban J connectivity index is 3.59. The number of alkyl halides is 2. The molecular weight excluding hydrogens is 110 g/mol. The summed E-state index contributed by atoms with van der Waals surface area (Å²) >= 11 is 0. The summed E-state index contributed by atoms with van der Waals surface area (Å²) in [5.74, 6) is -1.47. The highest BCUT2D eigenvalue weighted by Gasteiger charge is 2.22. The summed E-state index contributed by atoms with van der Waals surface area (Å²) in [7, 11) is 0. The molecule has 0 nitrogen and oxygen atoms in total. The molecule has 0 saturated heterocycles. The third-order valence-electron chi connectivity index (χ3n) is 0.775. The molecule has 0 saturated carbocycles. The van der Waals surface area contributed by atoms with Crippen molar-refractivity contribution < 1.29 is 8.78 Å². The second-order valence-corrected chi connectivity index (χ2v) is 1.60. The number of hydrogen-bond acceptors (Lipinski definition) is 0. The Bertz CT molecular complexity index is 99.6. The summed E-state index contributed by atoms with van der Waals surface area (Å²) in [5.41, 5.74) is 0. The summed E-state index contributed by atoms with van der Waals surface area (Å²) in [6.45, 7) is 1.67. The monoisotopic (exact) mass is 118 g/mol. The first kappa shape index (κ1) is 7.42. The van der Waals surface area contributed by atoms with E-state index in [1.54, 1.807) is 6.92 Å². The molecule has 0 bridgehead atoms. The maximum Gasteiger partial charge on any atom is 0.307 e. The average Bonchev–Trinajstić information content (AvgIpc) is 1.67. The lowest BCUT2D eigenvalue weighted by atomic mass is 10.2. The molecular formula is C6H8F2. The van der Waals surface area contributed by atoms with Crippen LogP contribution in [-0.2, 0) is 0 Å². The molecule has 0 aliphatic heterocycles. The summed E-state index contributed by atoms with van der Waals surface area (Å²) in [6, 6.07) is 0. The Morgan fingerprint density at radius 3 is 2.25 bits per heavy atom. The van der Waals surface area contributed by atoms with Gasteiger partial charge in [-0.05, 0) is 12.3 Å². The third-order valence-corrected chi connectivity index (χ3v) is 0.775. The fraction of sp³-hybridized carbons (Fsp3) is 0.667. The van der Waals surface area contributed by atoms with Gasteiger partial charge in [0.2, 0.25) is 0 Å². The molecule has 0 atom stereocenters. The molecule has 0 N–H and O–H groups in total. The first-order valence-electron chi connectivity index (χ1n) is 2.48. The topological polar surface area (TPSA) is 0 Å². The van der Waals surface area contributed by atoms with E-state index in [-0.39, 0.29) is 6.42 Å². The summed E-state index contributed by atoms with van der Waals surface area (Å²) in [6.07, 6.45) is 4.72. The van der Waals surface area contributed by atoms with Crippen LogP contribution in [0.3, 0.4) is 0 Å². The summed E-state index contributed by atoms with van der Waals surface area (Å²) in [4.78, 5) is 0. The fourth-order valence-corrected chi connectivity index (χ4v) is 0.386. The number of rotatable bonds is 2. The van der Waals surface area contributed by atoms with E-state index in [4.69, 9.17) is 0 Å². The smallest absolute Gasteiger partial charge is 0.192 e. The number of hydrogen-bond donors (Lipinski definition) is 0. The lowest BCUT2D eigenvalue weighted by Crippen LogP contribution is -2.10. The van der Waals surface area contributed by atoms with Gasteiger partial charge in [0.05, 0.1) is 0 Å². The number of terminal acetylenes is 1. The van der Waals surface area contributed by atoms with Gasteiger partial charge in [0, 0.05) is 6.42 Å². The van der Waals surface area contributed by atoms with Gasteiger partial charge in [0.1, 0.15) is 0 Å². The molecule has 0 radical (unpaired) electrons. The molecule has 0 aromatic rings. The van der Waals surface area contributed by atoms with Gasteiger partial charge < -0.3 is 0 Å². The molecule has 0 aliphatic carbocycles. The van der Waals surface area contributed by atoms with Gasteiger partial charge in [-0.2, -0.15) is 8.78 Å². The molecule has 0 rings (SSSR count). The van der Waals surface area contributed by atoms with Gasteiger partial charge in [-0.15, -0.1) is 6.42 Å². The van der Waals surface area contributed by atoms with Crippen LogP contribution in [0.15, 0.2) is 0 Å². The SMILES string of the molecule is C#CC(F)(F)CCC. The predicted octanol–water partition coefficient (Wildman–Crippen LogP) is 2.06. The second-order valence-electron chi connectivity index (χ2n) is 1.60. The van der Waals surface area contributed by atoms with E-state index >= 15 is 0 Å². The van der Waals surface area contributed by atoms with E-state index in [0.29, 0.717) is 6.42 Å². The second kappa shape index (κ2) is 2.66. The van der Waals surface area contributed by atoms with Crippen LogP contribution in [0.2, 0.25) is 0 Å². The standard InChI is InChI=1S/C6H8F2/c1-3-5-6(7,8)4-2/h2H,3,5H2,1H3. The van der Waals surface area contributed by atoms with Crippen molar-refractivity contribution in [3.8, 4) is 12.3 Å². The van der Waals surface area contributed by atoms with Crippen molar-refractivity contribution in [2.45, 2.75) is 25.7 Å². The minimum atomic E-state index is -2.88. The van der Waals surface area contributed by atoms with Crippen molar-refractivity contribution in [2.24, 2.45) is 0 Å². The molecule has 0 aromatic carbocycles. The first-order valence-corrected chi connectivity index (χ1v) is 2.48. The van der Waals surface area contributed by atoms with E-state index in [1.165, 1.54) is 5.92 Å². The first-order chi connectivity index (χ1) is 3.62. The van der Waals surface area contributed by atoms with Crippen molar-refractivity contribution in [2.75, 3.05) is 0 Å². The van der Waals surface area contributed by atoms with Crippen LogP contribution in [0.5, 0.6) is 0 Å². The van der Waals surface area contributed by atoms with Crippen LogP contribution in [-0.4, -0.2) is 5.92 Å². The van der Waals surface area contributed by atoms with E-state index in [1.807, 2.05) is 0 Å². The van der Waals surface area contributed by atoms with Crippen LogP contribution in [0.4, 0.5) is 8.78 Å². The van der Waals surface area contributed by atoms with Crippen molar-refractivity contribution in [1.82, 2.24) is 0 Å². The van der Waals surface area contributed by atoms with E-state index in [0.717, 1.165) is 0 Å². The molecule has 2 heteroatoms. The Morgan fingerprint density at radius 2 is 2.12 bits per heavy atom. The van der Waals surface area contributed by atoms with Crippen LogP contribution in [0.1, 0.15) is 19.8 Å². The van der Waals surface area contributed by atoms with Crippen molar-refractivity contribution in [3.05, 3.63) is 0 Å². The van der Waals surface area contributed by atoms with Gasteiger partial charge in [-0.25, -0.2) is 0 Å². The molecule has 0 amide bonds. The van der Waals surface area contributed by atoms with Crippen LogP contribution < -0.4 is 0 Å². The van der Waals surface area contributed by atoms with Gasteiger partial charge in [0.15, 0.2) is 0 Å². The minimum Gasteiger partial charge on any atom is -0.192 e. The zero-order valence-electron chi connectivity index (χ0n) is 4.75. The normalized spacial score (nSPS) is 10.8. The molecule has 46 valence electrons. The third kappa shape index (κ3) is 2.57. The number of halogens is 2. The van der Waals surface area contributed by atoms with E-state index in [9.17, 15) is 8.78 Å². The van der Waals surface area contributed by atoms with E-state index in [2.05, 4.69) is 6.42 Å². The highest BCUT2D eigenvalue weighted by molar-refractivity contribution is 4.99. The van der Waals surface area contributed by atoms with Gasteiger partial charge in [-0.1, -0.05) is 6.92 Å². The van der Waals surface area contributed by atoms with Crippen LogP contribution in [0, 0.1) is 12.3 Å². The van der Waals surface area contributed by atoms with Crippen molar-refractivity contribution in [3.63, 3.8) is 0 Å². The van der Waals surface area contributed by atoms with Gasteiger partial charge in [-0.3, -0.25) is 0 Å². The predicted molar refractivity (Wildman–Crippen MR) is 28.7 cm³/mol. The van der Waals surface area contributed by atoms with E-state index < -0.39 is 5.92 Å². The van der Waals surface area contributed by atoms with Crippen LogP contribution in [0.25, 0.3) is 0 Å². The molecule has 8 heavy (non-hydrogen) atoms. The fourth-order valence-electron chi connectivity index (χ4n) is 0.386. The summed E-state index contributed by atoms with van der Waals surface area (Å²) < 4.78 is 23.8. The zero-order valence-corrected chi connectivity index (χ0v) is 4.75. The summed E-state index contributed by atoms with van der Waals surface area (Å²) in [5, 5.41) is 0. The Hall–Kier alpha value is -0.580. The quantitative estimate of drug-likeness (QED) is 0.487. The molecule has 0 fully saturated rings. The minimum absolute atomic E-state index is 0.205. The maximum atomic E-state index is 11.9. The van der Waals surface area contributed by atoms with Gasteiger partial charge >= 0.3 is 5.92 Å². The largest absolute Gasteiger partial charge is 0.307 e. The molecule has 0 spiro atoms. The zero-order chi connectivity index (χ0) is 6.62. The lowest BCUT2D eigenvalue weighted by Gasteiger charge is -2.04. The Morgan fingerprint density at radius 1 is 1.62 bits per heavy atom. The Kier molecular flexibility index (Phi) is 2.47. The molecule has 0 aromatic heterocycles. The van der Waals surface area contributed by atoms with Crippen LogP contribution >= 0.6 is 0 Å². The lowest BCUT2D eigenvalue weighted by molar-refractivity contribution is 0.0561. The van der Waals surface area contributed by atoms with Gasteiger partial charge in [0.25, 0.3) is 0 Å². The molecule has 0 aliphatic rings. The van der Waals surface area contributed by atoms with Crippen molar-refractivity contribution in [1.29, 1.82) is 0 Å².